The van der Waals surface area contributed by atoms with Crippen LogP contribution < -0.4 is 10.6 Å². The van der Waals surface area contributed by atoms with Crippen molar-refractivity contribution >= 4 is 11.4 Å². The quantitative estimate of drug-likeness (QED) is 0.626. The fourth-order valence-corrected chi connectivity index (χ4v) is 2.71. The van der Waals surface area contributed by atoms with Gasteiger partial charge in [0.2, 0.25) is 0 Å². The number of piperidine rings is 1. The lowest BCUT2D eigenvalue weighted by Crippen LogP contribution is -2.35. The number of anilines is 1. The van der Waals surface area contributed by atoms with E-state index in [9.17, 15) is 15.2 Å². The Kier molecular flexibility index (Phi) is 4.92. The number of aliphatic hydroxyl groups excluding tert-OH is 1. The van der Waals surface area contributed by atoms with E-state index >= 15 is 0 Å². The van der Waals surface area contributed by atoms with Gasteiger partial charge in [0.1, 0.15) is 0 Å². The van der Waals surface area contributed by atoms with E-state index in [1.807, 2.05) is 6.07 Å². The Morgan fingerprint density at radius 3 is 2.65 bits per heavy atom. The molecule has 1 aliphatic heterocycles. The number of nitrogens with two attached hydrogens (primary N) is 1. The minimum Gasteiger partial charge on any atom is -0.396 e. The molecule has 0 bridgehead atoms. The highest BCUT2D eigenvalue weighted by atomic mass is 16.6. The van der Waals surface area contributed by atoms with Crippen LogP contribution in [-0.4, -0.2) is 36.3 Å². The lowest BCUT2D eigenvalue weighted by Gasteiger charge is -2.34. The van der Waals surface area contributed by atoms with Crippen LogP contribution in [0.5, 0.6) is 0 Å². The van der Waals surface area contributed by atoms with Gasteiger partial charge < -0.3 is 15.7 Å². The molecule has 2 rings (SSSR count). The van der Waals surface area contributed by atoms with E-state index < -0.39 is 0 Å². The molecule has 6 heteroatoms. The highest BCUT2D eigenvalue weighted by molar-refractivity contribution is 5.58. The second-order valence-corrected chi connectivity index (χ2v) is 5.22. The van der Waals surface area contributed by atoms with E-state index in [2.05, 4.69) is 4.90 Å². The molecule has 110 valence electrons. The van der Waals surface area contributed by atoms with Crippen LogP contribution in [0, 0.1) is 16.0 Å². The normalized spacial score (nSPS) is 16.4. The van der Waals surface area contributed by atoms with Crippen LogP contribution in [0.25, 0.3) is 0 Å². The molecule has 0 amide bonds. The minimum atomic E-state index is -0.373. The average Bonchev–Trinajstić information content (AvgIpc) is 2.47. The Labute approximate surface area is 118 Å². The Morgan fingerprint density at radius 2 is 2.10 bits per heavy atom. The van der Waals surface area contributed by atoms with Crippen LogP contribution in [0.1, 0.15) is 18.4 Å². The van der Waals surface area contributed by atoms with Crippen molar-refractivity contribution in [2.45, 2.75) is 19.3 Å². The topological polar surface area (TPSA) is 92.6 Å². The first-order valence-electron chi connectivity index (χ1n) is 6.99. The van der Waals surface area contributed by atoms with Gasteiger partial charge in [0, 0.05) is 37.5 Å². The van der Waals surface area contributed by atoms with E-state index in [1.165, 1.54) is 0 Å². The van der Waals surface area contributed by atoms with Crippen molar-refractivity contribution in [2.24, 2.45) is 11.7 Å². The number of aliphatic hydroxyl groups is 1. The van der Waals surface area contributed by atoms with E-state index in [-0.39, 0.29) is 17.2 Å². The summed E-state index contributed by atoms with van der Waals surface area (Å²) in [6.45, 7) is 2.46. The molecule has 0 aliphatic carbocycles. The summed E-state index contributed by atoms with van der Waals surface area (Å²) in [5.41, 5.74) is 7.69. The first-order valence-corrected chi connectivity index (χ1v) is 6.99. The van der Waals surface area contributed by atoms with Crippen molar-refractivity contribution in [3.63, 3.8) is 0 Å². The predicted molar refractivity (Wildman–Crippen MR) is 77.9 cm³/mol. The summed E-state index contributed by atoms with van der Waals surface area (Å²) in [6.07, 6.45) is 2.54. The van der Waals surface area contributed by atoms with Crippen LogP contribution in [0.2, 0.25) is 0 Å². The first-order chi connectivity index (χ1) is 9.65. The summed E-state index contributed by atoms with van der Waals surface area (Å²) in [7, 11) is 0. The zero-order valence-corrected chi connectivity index (χ0v) is 11.5. The maximum absolute atomic E-state index is 10.9. The lowest BCUT2D eigenvalue weighted by atomic mass is 9.96. The highest BCUT2D eigenvalue weighted by Gasteiger charge is 2.21. The molecule has 1 saturated heterocycles. The van der Waals surface area contributed by atoms with Gasteiger partial charge in [0.15, 0.2) is 0 Å². The molecule has 0 saturated carbocycles. The van der Waals surface area contributed by atoms with E-state index in [0.717, 1.165) is 37.2 Å². The number of benzene rings is 1. The molecular weight excluding hydrogens is 258 g/mol. The van der Waals surface area contributed by atoms with Crippen LogP contribution in [0.15, 0.2) is 18.2 Å². The van der Waals surface area contributed by atoms with Crippen LogP contribution in [-0.2, 0) is 6.42 Å². The second-order valence-electron chi connectivity index (χ2n) is 5.22. The average molecular weight is 279 g/mol. The van der Waals surface area contributed by atoms with Gasteiger partial charge in [-0.2, -0.15) is 0 Å². The molecule has 1 aromatic carbocycles. The van der Waals surface area contributed by atoms with Gasteiger partial charge in [-0.25, -0.2) is 0 Å². The molecule has 0 spiro atoms. The van der Waals surface area contributed by atoms with E-state index in [4.69, 9.17) is 5.73 Å². The lowest BCUT2D eigenvalue weighted by molar-refractivity contribution is -0.384. The smallest absolute Gasteiger partial charge is 0.269 e. The Hall–Kier alpha value is -1.66. The van der Waals surface area contributed by atoms with Gasteiger partial charge >= 0.3 is 0 Å². The van der Waals surface area contributed by atoms with E-state index in [0.29, 0.717) is 18.9 Å². The van der Waals surface area contributed by atoms with Crippen molar-refractivity contribution in [3.8, 4) is 0 Å². The zero-order valence-electron chi connectivity index (χ0n) is 11.5. The molecular formula is C14H21N3O3. The standard InChI is InChI=1S/C14H21N3O3/c15-6-3-12-9-13(17(19)20)1-2-14(12)16-7-4-11(10-18)5-8-16/h1-2,9,11,18H,3-8,10,15H2. The third-order valence-corrected chi connectivity index (χ3v) is 3.90. The highest BCUT2D eigenvalue weighted by Crippen LogP contribution is 2.29. The summed E-state index contributed by atoms with van der Waals surface area (Å²) < 4.78 is 0. The van der Waals surface area contributed by atoms with Gasteiger partial charge in [-0.15, -0.1) is 0 Å². The van der Waals surface area contributed by atoms with Crippen molar-refractivity contribution in [1.82, 2.24) is 0 Å². The summed E-state index contributed by atoms with van der Waals surface area (Å²) in [6, 6.07) is 5.00. The van der Waals surface area contributed by atoms with Gasteiger partial charge in [-0.1, -0.05) is 0 Å². The molecule has 0 aromatic heterocycles. The largest absolute Gasteiger partial charge is 0.396 e. The summed E-state index contributed by atoms with van der Waals surface area (Å²) in [5, 5.41) is 20.0. The predicted octanol–water partition coefficient (Wildman–Crippen LogP) is 1.30. The molecule has 1 aliphatic rings. The van der Waals surface area contributed by atoms with Crippen LogP contribution in [0.4, 0.5) is 11.4 Å². The molecule has 1 heterocycles. The number of nitrogens with zero attached hydrogens (tertiary/aromatic N) is 2. The minimum absolute atomic E-state index is 0.113. The summed E-state index contributed by atoms with van der Waals surface area (Å²) >= 11 is 0. The van der Waals surface area contributed by atoms with Crippen molar-refractivity contribution in [3.05, 3.63) is 33.9 Å². The number of rotatable bonds is 5. The van der Waals surface area contributed by atoms with Crippen LogP contribution >= 0.6 is 0 Å². The van der Waals surface area contributed by atoms with Gasteiger partial charge in [-0.3, -0.25) is 10.1 Å². The molecule has 0 radical (unpaired) electrons. The Bertz CT molecular complexity index is 471. The number of hydrogen-bond donors (Lipinski definition) is 2. The van der Waals surface area contributed by atoms with Gasteiger partial charge in [0.25, 0.3) is 5.69 Å². The van der Waals surface area contributed by atoms with Gasteiger partial charge in [0.05, 0.1) is 4.92 Å². The SMILES string of the molecule is NCCc1cc([N+](=O)[O-])ccc1N1CCC(CO)CC1. The van der Waals surface area contributed by atoms with Crippen molar-refractivity contribution in [1.29, 1.82) is 0 Å². The monoisotopic (exact) mass is 279 g/mol. The second kappa shape index (κ2) is 6.67. The molecule has 0 atom stereocenters. The molecule has 0 unspecified atom stereocenters. The Balaban J connectivity index is 2.20. The van der Waals surface area contributed by atoms with Crippen molar-refractivity contribution < 1.29 is 10.0 Å². The summed E-state index contributed by atoms with van der Waals surface area (Å²) in [5.74, 6) is 0.377. The molecule has 20 heavy (non-hydrogen) atoms. The summed E-state index contributed by atoms with van der Waals surface area (Å²) in [4.78, 5) is 12.7. The number of nitro groups is 1. The molecule has 1 aromatic rings. The van der Waals surface area contributed by atoms with Crippen molar-refractivity contribution in [2.75, 3.05) is 31.1 Å². The molecule has 3 N–H and O–H groups in total. The third kappa shape index (κ3) is 3.26. The zero-order chi connectivity index (χ0) is 14.5. The number of non-ortho nitro benzene ring substituents is 1. The Morgan fingerprint density at radius 1 is 1.40 bits per heavy atom. The number of hydrogen-bond acceptors (Lipinski definition) is 5. The van der Waals surface area contributed by atoms with E-state index in [1.54, 1.807) is 12.1 Å². The molecule has 6 nitrogen and oxygen atoms in total. The maximum Gasteiger partial charge on any atom is 0.269 e. The van der Waals surface area contributed by atoms with Crippen LogP contribution in [0.3, 0.4) is 0 Å². The first kappa shape index (κ1) is 14.7. The maximum atomic E-state index is 10.9. The fourth-order valence-electron chi connectivity index (χ4n) is 2.71. The fraction of sp³-hybridized carbons (Fsp3) is 0.571. The molecule has 1 fully saturated rings. The third-order valence-electron chi connectivity index (χ3n) is 3.90. The number of nitro benzene ring substituents is 1. The van der Waals surface area contributed by atoms with Gasteiger partial charge in [-0.05, 0) is 43.4 Å².